The highest BCUT2D eigenvalue weighted by atomic mass is 16.5. The van der Waals surface area contributed by atoms with Crippen LogP contribution in [0.3, 0.4) is 0 Å². The van der Waals surface area contributed by atoms with Gasteiger partial charge in [0.2, 0.25) is 0 Å². The fourth-order valence-electron chi connectivity index (χ4n) is 11.3. The molecule has 0 unspecified atom stereocenters. The van der Waals surface area contributed by atoms with Crippen molar-refractivity contribution in [3.05, 3.63) is 233 Å². The Balaban J connectivity index is 1.26. The summed E-state index contributed by atoms with van der Waals surface area (Å²) in [5, 5.41) is 2.36. The van der Waals surface area contributed by atoms with Gasteiger partial charge < -0.3 is 4.74 Å². The summed E-state index contributed by atoms with van der Waals surface area (Å²) >= 11 is 0. The van der Waals surface area contributed by atoms with E-state index in [0.29, 0.717) is 0 Å². The predicted molar refractivity (Wildman–Crippen MR) is 322 cm³/mol. The second-order valence-corrected chi connectivity index (χ2v) is 26.5. The molecule has 0 aliphatic carbocycles. The molecule has 10 rings (SSSR count). The van der Waals surface area contributed by atoms with Gasteiger partial charge in [0, 0.05) is 33.9 Å². The summed E-state index contributed by atoms with van der Waals surface area (Å²) in [6.07, 6.45) is 6.01. The van der Waals surface area contributed by atoms with E-state index in [4.69, 9.17) is 9.72 Å². The summed E-state index contributed by atoms with van der Waals surface area (Å²) in [5.41, 5.74) is 14.7. The maximum absolute atomic E-state index is 7.52. The van der Waals surface area contributed by atoms with E-state index in [1.165, 1.54) is 61.1 Å². The molecule has 3 heterocycles. The van der Waals surface area contributed by atoms with Crippen LogP contribution in [-0.2, 0) is 32.5 Å². The van der Waals surface area contributed by atoms with E-state index in [1.807, 2.05) is 6.20 Å². The third-order valence-corrected chi connectivity index (χ3v) is 15.8. The number of aromatic nitrogens is 4. The van der Waals surface area contributed by atoms with Gasteiger partial charge in [0.05, 0.1) is 33.8 Å². The van der Waals surface area contributed by atoms with Gasteiger partial charge in [-0.1, -0.05) is 226 Å². The van der Waals surface area contributed by atoms with Crippen LogP contribution in [0, 0.1) is 6.33 Å². The molecule has 0 amide bonds. The van der Waals surface area contributed by atoms with Gasteiger partial charge in [-0.15, -0.1) is 0 Å². The number of hydrogen-bond donors (Lipinski definition) is 0. The molecule has 392 valence electrons. The molecule has 0 fully saturated rings. The fourth-order valence-corrected chi connectivity index (χ4v) is 11.3. The highest BCUT2D eigenvalue weighted by molar-refractivity contribution is 6.11. The van der Waals surface area contributed by atoms with Crippen molar-refractivity contribution < 1.29 is 9.30 Å². The number of rotatable bonds is 10. The van der Waals surface area contributed by atoms with Gasteiger partial charge in [-0.2, -0.15) is 0 Å². The molecule has 0 bridgehead atoms. The average Bonchev–Trinajstić information content (AvgIpc) is 4.23. The second kappa shape index (κ2) is 19.2. The van der Waals surface area contributed by atoms with Gasteiger partial charge >= 0.3 is 0 Å². The molecule has 77 heavy (non-hydrogen) atoms. The molecule has 5 nitrogen and oxygen atoms in total. The van der Waals surface area contributed by atoms with Gasteiger partial charge in [-0.05, 0) is 121 Å². The topological polar surface area (TPSA) is 35.9 Å². The lowest BCUT2D eigenvalue weighted by Crippen LogP contribution is -2.41. The van der Waals surface area contributed by atoms with Crippen molar-refractivity contribution in [2.45, 2.75) is 143 Å². The van der Waals surface area contributed by atoms with Crippen molar-refractivity contribution in [1.82, 2.24) is 14.1 Å². The van der Waals surface area contributed by atoms with Gasteiger partial charge in [0.25, 0.3) is 6.33 Å². The number of hydrogen-bond acceptors (Lipinski definition) is 2. The molecule has 0 radical (unpaired) electrons. The van der Waals surface area contributed by atoms with Gasteiger partial charge in [-0.25, -0.2) is 4.98 Å². The van der Waals surface area contributed by atoms with Crippen LogP contribution in [0.5, 0.6) is 11.5 Å². The zero-order valence-corrected chi connectivity index (χ0v) is 48.5. The van der Waals surface area contributed by atoms with Gasteiger partial charge in [0.15, 0.2) is 0 Å². The molecule has 0 atom stereocenters. The minimum absolute atomic E-state index is 0.0695. The maximum atomic E-state index is 7.52. The van der Waals surface area contributed by atoms with Crippen LogP contribution in [0.1, 0.15) is 156 Å². The number of ether oxygens (including phenoxy) is 1. The number of nitrogens with zero attached hydrogens (tertiary/aromatic N) is 4. The first-order chi connectivity index (χ1) is 36.2. The Morgan fingerprint density at radius 2 is 1.03 bits per heavy atom. The number of imidazole rings is 1. The zero-order valence-electron chi connectivity index (χ0n) is 48.5. The van der Waals surface area contributed by atoms with E-state index >= 15 is 0 Å². The molecule has 3 aromatic heterocycles. The summed E-state index contributed by atoms with van der Waals surface area (Å²) in [6.45, 7) is 37.0. The van der Waals surface area contributed by atoms with Crippen molar-refractivity contribution >= 4 is 21.8 Å². The van der Waals surface area contributed by atoms with Crippen molar-refractivity contribution in [3.63, 3.8) is 0 Å². The van der Waals surface area contributed by atoms with Crippen molar-refractivity contribution in [2.75, 3.05) is 0 Å². The van der Waals surface area contributed by atoms with E-state index < -0.39 is 10.8 Å². The highest BCUT2D eigenvalue weighted by Gasteiger charge is 2.36. The van der Waals surface area contributed by atoms with Crippen molar-refractivity contribution in [3.8, 4) is 39.8 Å². The normalized spacial score (nSPS) is 12.9. The number of para-hydroxylation sites is 1. The third kappa shape index (κ3) is 10.1. The van der Waals surface area contributed by atoms with Crippen LogP contribution < -0.4 is 9.30 Å². The Hall–Kier alpha value is -7.50. The monoisotopic (exact) mass is 1010 g/mol. The van der Waals surface area contributed by atoms with Crippen LogP contribution in [0.2, 0.25) is 0 Å². The maximum Gasteiger partial charge on any atom is 0.269 e. The van der Waals surface area contributed by atoms with Gasteiger partial charge in [0.1, 0.15) is 17.3 Å². The van der Waals surface area contributed by atoms with E-state index in [2.05, 4.69) is 307 Å². The Morgan fingerprint density at radius 3 is 1.64 bits per heavy atom. The predicted octanol–water partition coefficient (Wildman–Crippen LogP) is 18.3. The van der Waals surface area contributed by atoms with E-state index in [-0.39, 0.29) is 21.7 Å². The first-order valence-electron chi connectivity index (χ1n) is 27.5. The van der Waals surface area contributed by atoms with Crippen LogP contribution >= 0.6 is 0 Å². The standard InChI is InChI=1S/C72H78N4O/c1-67(2,3)52-36-37-73-63(43-52)76-61-35-27-26-34-59(61)64-60(72(15,16)51-32-24-19-25-33-51)45-58(46-62(64)76)77-57-42-54(71(13,14)50-30-22-18-23-31-50)41-56(44-57)75-47-74(65(69(7,8)9)66(75)70(10,11)12)55-39-49(48-28-20-17-21-29-48)38-53(40-55)68(4,5)6/h17-46H,1-16H3. The lowest BCUT2D eigenvalue weighted by atomic mass is 9.76. The Labute approximate surface area is 459 Å². The van der Waals surface area contributed by atoms with Crippen molar-refractivity contribution in [1.29, 1.82) is 0 Å². The second-order valence-electron chi connectivity index (χ2n) is 26.5. The molecule has 0 spiro atoms. The smallest absolute Gasteiger partial charge is 0.269 e. The molecule has 0 saturated heterocycles. The van der Waals surface area contributed by atoms with E-state index in [1.54, 1.807) is 0 Å². The molecule has 0 saturated carbocycles. The molecule has 0 N–H and O–H groups in total. The van der Waals surface area contributed by atoms with Crippen LogP contribution in [0.25, 0.3) is 50.1 Å². The molecule has 5 heteroatoms. The fraction of sp³-hybridized carbons (Fsp3) is 0.306. The van der Waals surface area contributed by atoms with Crippen LogP contribution in [-0.4, -0.2) is 14.1 Å². The van der Waals surface area contributed by atoms with E-state index in [9.17, 15) is 0 Å². The highest BCUT2D eigenvalue weighted by Crippen LogP contribution is 2.46. The third-order valence-electron chi connectivity index (χ3n) is 15.8. The van der Waals surface area contributed by atoms with Crippen LogP contribution in [0.15, 0.2) is 182 Å². The number of benzene rings is 7. The number of fused-ring (bicyclic) bond motifs is 3. The summed E-state index contributed by atoms with van der Waals surface area (Å²) in [6, 6.07) is 64.1. The lowest BCUT2D eigenvalue weighted by Gasteiger charge is -2.31. The Morgan fingerprint density at radius 1 is 0.442 bits per heavy atom. The molecule has 0 aliphatic heterocycles. The zero-order chi connectivity index (χ0) is 55.0. The Bertz CT molecular complexity index is 3790. The minimum Gasteiger partial charge on any atom is -0.458 e. The quantitative estimate of drug-likeness (QED) is 0.101. The molecule has 0 aliphatic rings. The van der Waals surface area contributed by atoms with Crippen LogP contribution in [0.4, 0.5) is 0 Å². The van der Waals surface area contributed by atoms with E-state index in [0.717, 1.165) is 45.3 Å². The largest absolute Gasteiger partial charge is 0.458 e. The molecular formula is C72H78N4O. The van der Waals surface area contributed by atoms with Crippen molar-refractivity contribution in [2.24, 2.45) is 0 Å². The minimum atomic E-state index is -0.416. The number of pyridine rings is 1. The summed E-state index contributed by atoms with van der Waals surface area (Å²) < 4.78 is 14.6. The average molecular weight is 1020 g/mol. The first kappa shape index (κ1) is 52.9. The summed E-state index contributed by atoms with van der Waals surface area (Å²) in [7, 11) is 0. The van der Waals surface area contributed by atoms with Gasteiger partial charge in [-0.3, -0.25) is 13.7 Å². The SMILES string of the molecule is CC(C)(C)c1cc(-c2ccccc2)cc(-[n+]2[c-]n(-c3cc(Oc4cc(C(C)(C)c5ccccc5)c5c6ccccc6n(-c6cc(C(C)(C)C)ccn6)c5c4)cc(C(C)(C)c4ccccc4)c3)c(C(C)(C)C)c2C(C)(C)C)c1. The summed E-state index contributed by atoms with van der Waals surface area (Å²) in [5.74, 6) is 2.37. The Kier molecular flexibility index (Phi) is 13.2. The molecule has 7 aromatic carbocycles. The first-order valence-corrected chi connectivity index (χ1v) is 27.5. The molecule has 10 aromatic rings. The molecular weight excluding hydrogens is 937 g/mol. The summed E-state index contributed by atoms with van der Waals surface area (Å²) in [4.78, 5) is 5.10. The lowest BCUT2D eigenvalue weighted by molar-refractivity contribution is -0.611.